The topological polar surface area (TPSA) is 52.9 Å². The minimum absolute atomic E-state index is 0.0211. The molecule has 3 nitrogen and oxygen atoms in total. The molecule has 0 aromatic heterocycles. The minimum atomic E-state index is -0.703. The Morgan fingerprint density at radius 3 is 2.44 bits per heavy atom. The normalized spacial score (nSPS) is 42.2. The molecule has 0 heterocycles. The van der Waals surface area contributed by atoms with Crippen LogP contribution < -0.4 is 5.32 Å². The van der Waals surface area contributed by atoms with Gasteiger partial charge in [-0.1, -0.05) is 13.8 Å². The second-order valence-corrected chi connectivity index (χ2v) is 5.80. The summed E-state index contributed by atoms with van der Waals surface area (Å²) in [5, 5.41) is 12.2. The number of hydrogen-bond acceptors (Lipinski definition) is 2. The molecule has 2 atom stereocenters. The molecule has 0 bridgehead atoms. The molecule has 2 aliphatic carbocycles. The third kappa shape index (κ3) is 1.93. The molecular weight excluding hydrogens is 200 g/mol. The van der Waals surface area contributed by atoms with E-state index in [0.29, 0.717) is 17.9 Å². The lowest BCUT2D eigenvalue weighted by molar-refractivity contribution is -0.134. The molecule has 0 spiro atoms. The quantitative estimate of drug-likeness (QED) is 0.775. The van der Waals surface area contributed by atoms with Crippen LogP contribution in [0, 0.1) is 28.6 Å². The maximum atomic E-state index is 12.1. The zero-order valence-electron chi connectivity index (χ0n) is 10.1. The van der Waals surface area contributed by atoms with Crippen LogP contribution in [0.2, 0.25) is 0 Å². The molecule has 2 rings (SSSR count). The second kappa shape index (κ2) is 4.08. The van der Waals surface area contributed by atoms with Crippen LogP contribution in [0.3, 0.4) is 0 Å². The van der Waals surface area contributed by atoms with Gasteiger partial charge in [0.2, 0.25) is 5.91 Å². The van der Waals surface area contributed by atoms with Crippen LogP contribution in [0.4, 0.5) is 0 Å². The Labute approximate surface area is 97.2 Å². The monoisotopic (exact) mass is 220 g/mol. The lowest BCUT2D eigenvalue weighted by Crippen LogP contribution is -2.50. The van der Waals surface area contributed by atoms with Gasteiger partial charge in [0, 0.05) is 6.04 Å². The Bertz CT molecular complexity index is 325. The predicted octanol–water partition coefficient (Wildman–Crippen LogP) is 2.23. The first-order valence-electron chi connectivity index (χ1n) is 6.28. The highest BCUT2D eigenvalue weighted by molar-refractivity contribution is 5.86. The van der Waals surface area contributed by atoms with Gasteiger partial charge in [-0.05, 0) is 43.9 Å². The largest absolute Gasteiger partial charge is 0.352 e. The first-order chi connectivity index (χ1) is 7.55. The second-order valence-electron chi connectivity index (χ2n) is 5.80. The summed E-state index contributed by atoms with van der Waals surface area (Å²) < 4.78 is 0. The van der Waals surface area contributed by atoms with Crippen LogP contribution in [-0.2, 0) is 4.79 Å². The van der Waals surface area contributed by atoms with Gasteiger partial charge < -0.3 is 5.32 Å². The van der Waals surface area contributed by atoms with Crippen molar-refractivity contribution in [1.29, 1.82) is 5.26 Å². The summed E-state index contributed by atoms with van der Waals surface area (Å²) in [5.74, 6) is 1.21. The number of carbonyl (C=O) groups excluding carboxylic acids is 1. The van der Waals surface area contributed by atoms with E-state index in [2.05, 4.69) is 25.2 Å². The van der Waals surface area contributed by atoms with Gasteiger partial charge in [0.25, 0.3) is 0 Å². The van der Waals surface area contributed by atoms with E-state index in [9.17, 15) is 4.79 Å². The standard InChI is InChI=1S/C13H20N2O/c1-9-3-4-11(5-9)15-12(16)13(8-14)6-10(2)7-13/h9-11H,3-7H2,1-2H3,(H,15,16). The molecule has 3 heteroatoms. The lowest BCUT2D eigenvalue weighted by atomic mass is 9.63. The Balaban J connectivity index is 1.91. The highest BCUT2D eigenvalue weighted by Gasteiger charge is 2.49. The smallest absolute Gasteiger partial charge is 0.240 e. The van der Waals surface area contributed by atoms with Crippen molar-refractivity contribution in [1.82, 2.24) is 5.32 Å². The van der Waals surface area contributed by atoms with Gasteiger partial charge in [-0.3, -0.25) is 4.79 Å². The maximum absolute atomic E-state index is 12.1. The van der Waals surface area contributed by atoms with Crippen molar-refractivity contribution in [3.05, 3.63) is 0 Å². The molecule has 2 fully saturated rings. The van der Waals surface area contributed by atoms with Crippen molar-refractivity contribution >= 4 is 5.91 Å². The highest BCUT2D eigenvalue weighted by atomic mass is 16.2. The van der Waals surface area contributed by atoms with E-state index in [1.165, 1.54) is 6.42 Å². The predicted molar refractivity (Wildman–Crippen MR) is 61.4 cm³/mol. The van der Waals surface area contributed by atoms with Gasteiger partial charge in [0.1, 0.15) is 5.41 Å². The molecule has 2 saturated carbocycles. The molecule has 0 aliphatic heterocycles. The molecular formula is C13H20N2O. The van der Waals surface area contributed by atoms with Crippen molar-refractivity contribution in [2.75, 3.05) is 0 Å². The summed E-state index contributed by atoms with van der Waals surface area (Å²) in [4.78, 5) is 12.1. The summed E-state index contributed by atoms with van der Waals surface area (Å²) in [7, 11) is 0. The van der Waals surface area contributed by atoms with E-state index in [1.54, 1.807) is 0 Å². The SMILES string of the molecule is CC1CCC(NC(=O)C2(C#N)CC(C)C2)C1. The Morgan fingerprint density at radius 2 is 2.00 bits per heavy atom. The van der Waals surface area contributed by atoms with Crippen LogP contribution in [0.15, 0.2) is 0 Å². The average Bonchev–Trinajstić information content (AvgIpc) is 2.58. The van der Waals surface area contributed by atoms with Crippen LogP contribution in [0.1, 0.15) is 46.0 Å². The molecule has 0 radical (unpaired) electrons. The number of nitrogens with zero attached hydrogens (tertiary/aromatic N) is 1. The summed E-state index contributed by atoms with van der Waals surface area (Å²) >= 11 is 0. The number of carbonyl (C=O) groups is 1. The summed E-state index contributed by atoms with van der Waals surface area (Å²) in [6.07, 6.45) is 4.81. The van der Waals surface area contributed by atoms with Crippen LogP contribution in [-0.4, -0.2) is 11.9 Å². The number of nitriles is 1. The van der Waals surface area contributed by atoms with Gasteiger partial charge in [-0.15, -0.1) is 0 Å². The first-order valence-corrected chi connectivity index (χ1v) is 6.28. The van der Waals surface area contributed by atoms with Crippen molar-refractivity contribution in [3.63, 3.8) is 0 Å². The molecule has 2 aliphatic rings. The summed E-state index contributed by atoms with van der Waals surface area (Å²) in [6.45, 7) is 4.32. The third-order valence-corrected chi connectivity index (χ3v) is 4.07. The lowest BCUT2D eigenvalue weighted by Gasteiger charge is -2.39. The summed E-state index contributed by atoms with van der Waals surface area (Å²) in [6, 6.07) is 2.53. The fourth-order valence-electron chi connectivity index (χ4n) is 3.12. The van der Waals surface area contributed by atoms with E-state index >= 15 is 0 Å². The van der Waals surface area contributed by atoms with Gasteiger partial charge in [0.15, 0.2) is 0 Å². The maximum Gasteiger partial charge on any atom is 0.240 e. The van der Waals surface area contributed by atoms with Crippen LogP contribution >= 0.6 is 0 Å². The van der Waals surface area contributed by atoms with Crippen LogP contribution in [0.25, 0.3) is 0 Å². The number of amides is 1. The molecule has 2 unspecified atom stereocenters. The Kier molecular flexibility index (Phi) is 2.92. The minimum Gasteiger partial charge on any atom is -0.352 e. The Morgan fingerprint density at radius 1 is 1.31 bits per heavy atom. The van der Waals surface area contributed by atoms with E-state index in [1.807, 2.05) is 0 Å². The van der Waals surface area contributed by atoms with E-state index in [4.69, 9.17) is 5.26 Å². The third-order valence-electron chi connectivity index (χ3n) is 4.07. The van der Waals surface area contributed by atoms with E-state index < -0.39 is 5.41 Å². The van der Waals surface area contributed by atoms with E-state index in [-0.39, 0.29) is 5.91 Å². The van der Waals surface area contributed by atoms with Gasteiger partial charge in [0.05, 0.1) is 6.07 Å². The van der Waals surface area contributed by atoms with Crippen molar-refractivity contribution in [2.24, 2.45) is 17.3 Å². The molecule has 0 saturated heterocycles. The van der Waals surface area contributed by atoms with Crippen molar-refractivity contribution in [2.45, 2.75) is 52.0 Å². The Hall–Kier alpha value is -1.04. The number of nitrogens with one attached hydrogen (secondary N) is 1. The summed E-state index contributed by atoms with van der Waals surface area (Å²) in [5.41, 5.74) is -0.703. The first kappa shape index (κ1) is 11.4. The van der Waals surface area contributed by atoms with Gasteiger partial charge in [-0.2, -0.15) is 5.26 Å². The van der Waals surface area contributed by atoms with Gasteiger partial charge >= 0.3 is 0 Å². The molecule has 1 N–H and O–H groups in total. The number of rotatable bonds is 2. The molecule has 1 amide bonds. The molecule has 0 aromatic rings. The van der Waals surface area contributed by atoms with Crippen molar-refractivity contribution in [3.8, 4) is 6.07 Å². The number of hydrogen-bond donors (Lipinski definition) is 1. The van der Waals surface area contributed by atoms with Crippen molar-refractivity contribution < 1.29 is 4.79 Å². The average molecular weight is 220 g/mol. The zero-order valence-corrected chi connectivity index (χ0v) is 10.1. The molecule has 88 valence electrons. The highest BCUT2D eigenvalue weighted by Crippen LogP contribution is 2.45. The van der Waals surface area contributed by atoms with Crippen LogP contribution in [0.5, 0.6) is 0 Å². The fourth-order valence-corrected chi connectivity index (χ4v) is 3.12. The van der Waals surface area contributed by atoms with Gasteiger partial charge in [-0.25, -0.2) is 0 Å². The fraction of sp³-hybridized carbons (Fsp3) is 0.846. The molecule has 16 heavy (non-hydrogen) atoms. The molecule has 0 aromatic carbocycles. The van der Waals surface area contributed by atoms with E-state index in [0.717, 1.165) is 25.7 Å². The zero-order chi connectivity index (χ0) is 11.8.